The highest BCUT2D eigenvalue weighted by Gasteiger charge is 2.32. The molecule has 0 unspecified atom stereocenters. The number of anilines is 1. The van der Waals surface area contributed by atoms with Gasteiger partial charge in [0.1, 0.15) is 12.6 Å². The number of hydrogen-bond acceptors (Lipinski definition) is 4. The first-order chi connectivity index (χ1) is 16.3. The molecule has 1 atom stereocenters. The quantitative estimate of drug-likeness (QED) is 0.448. The van der Waals surface area contributed by atoms with Crippen LogP contribution in [0.5, 0.6) is 0 Å². The Morgan fingerprint density at radius 1 is 1.06 bits per heavy atom. The fourth-order valence-corrected chi connectivity index (χ4v) is 4.96. The third-order valence-corrected chi connectivity index (χ3v) is 7.06. The van der Waals surface area contributed by atoms with Crippen LogP contribution in [0.15, 0.2) is 42.5 Å². The summed E-state index contributed by atoms with van der Waals surface area (Å²) in [6.45, 7) is 7.84. The number of carbonyl (C=O) groups excluding carboxylic acids is 2. The Bertz CT molecular complexity index is 1130. The largest absolute Gasteiger partial charge is 0.354 e. The molecular weight excluding hydrogens is 509 g/mol. The number of amides is 2. The van der Waals surface area contributed by atoms with E-state index in [9.17, 15) is 18.0 Å². The summed E-state index contributed by atoms with van der Waals surface area (Å²) in [5.74, 6) is -0.550. The molecule has 192 valence electrons. The van der Waals surface area contributed by atoms with E-state index in [0.717, 1.165) is 21.7 Å². The Balaban J connectivity index is 2.47. The number of rotatable bonds is 11. The van der Waals surface area contributed by atoms with Crippen molar-refractivity contribution >= 4 is 50.7 Å². The number of sulfonamides is 1. The summed E-state index contributed by atoms with van der Waals surface area (Å²) >= 11 is 12.2. The summed E-state index contributed by atoms with van der Waals surface area (Å²) in [7, 11) is -3.87. The summed E-state index contributed by atoms with van der Waals surface area (Å²) in [6, 6.07) is 11.1. The number of nitrogens with zero attached hydrogens (tertiary/aromatic N) is 2. The van der Waals surface area contributed by atoms with E-state index in [-0.39, 0.29) is 34.1 Å². The van der Waals surface area contributed by atoms with E-state index in [4.69, 9.17) is 23.2 Å². The van der Waals surface area contributed by atoms with Crippen molar-refractivity contribution in [2.75, 3.05) is 23.7 Å². The lowest BCUT2D eigenvalue weighted by Crippen LogP contribution is -2.52. The van der Waals surface area contributed by atoms with Gasteiger partial charge in [-0.05, 0) is 48.6 Å². The maximum Gasteiger partial charge on any atom is 0.244 e. The molecular formula is C25H33Cl2N3O4S. The first-order valence-electron chi connectivity index (χ1n) is 11.4. The van der Waals surface area contributed by atoms with Gasteiger partial charge in [-0.2, -0.15) is 0 Å². The Hall–Kier alpha value is -2.29. The molecule has 0 spiro atoms. The topological polar surface area (TPSA) is 86.8 Å². The van der Waals surface area contributed by atoms with E-state index in [2.05, 4.69) is 5.32 Å². The maximum atomic E-state index is 13.7. The third kappa shape index (κ3) is 8.40. The molecule has 0 radical (unpaired) electrons. The van der Waals surface area contributed by atoms with Crippen LogP contribution >= 0.6 is 23.2 Å². The fraction of sp³-hybridized carbons (Fsp3) is 0.440. The monoisotopic (exact) mass is 541 g/mol. The molecule has 0 bridgehead atoms. The average molecular weight is 543 g/mol. The predicted molar refractivity (Wildman–Crippen MR) is 142 cm³/mol. The van der Waals surface area contributed by atoms with Gasteiger partial charge in [-0.1, -0.05) is 68.2 Å². The second-order valence-electron chi connectivity index (χ2n) is 8.91. The number of aryl methyl sites for hydroxylation is 1. The standard InChI is InChI=1S/C25H33Cl2N3O4S/c1-6-23(25(32)28-14-17(2)3)29(15-19-10-8-7-9-18(19)4)24(31)16-30(35(5,33)34)22-12-20(26)11-21(27)13-22/h7-13,17,23H,6,14-16H2,1-5H3,(H,28,32)/t23-/m1/s1. The van der Waals surface area contributed by atoms with Gasteiger partial charge in [0, 0.05) is 23.1 Å². The van der Waals surface area contributed by atoms with Gasteiger partial charge in [0.25, 0.3) is 0 Å². The highest BCUT2D eigenvalue weighted by atomic mass is 35.5. The molecule has 0 saturated carbocycles. The van der Waals surface area contributed by atoms with Crippen molar-refractivity contribution < 1.29 is 18.0 Å². The van der Waals surface area contributed by atoms with Gasteiger partial charge in [0.2, 0.25) is 21.8 Å². The molecule has 0 heterocycles. The number of carbonyl (C=O) groups is 2. The minimum atomic E-state index is -3.87. The first-order valence-corrected chi connectivity index (χ1v) is 14.0. The molecule has 0 aliphatic heterocycles. The molecule has 0 aliphatic rings. The number of nitrogens with one attached hydrogen (secondary N) is 1. The molecule has 2 amide bonds. The predicted octanol–water partition coefficient (Wildman–Crippen LogP) is 4.65. The van der Waals surface area contributed by atoms with Crippen LogP contribution in [-0.2, 0) is 26.2 Å². The maximum absolute atomic E-state index is 13.7. The summed E-state index contributed by atoms with van der Waals surface area (Å²) in [4.78, 5) is 28.2. The van der Waals surface area contributed by atoms with Crippen LogP contribution in [0.1, 0.15) is 38.3 Å². The zero-order valence-corrected chi connectivity index (χ0v) is 23.0. The van der Waals surface area contributed by atoms with Crippen molar-refractivity contribution in [2.24, 2.45) is 5.92 Å². The molecule has 10 heteroatoms. The van der Waals surface area contributed by atoms with Gasteiger partial charge in [-0.3, -0.25) is 13.9 Å². The number of benzene rings is 2. The van der Waals surface area contributed by atoms with Gasteiger partial charge in [0.05, 0.1) is 11.9 Å². The van der Waals surface area contributed by atoms with E-state index in [0.29, 0.717) is 13.0 Å². The van der Waals surface area contributed by atoms with Crippen LogP contribution in [0.25, 0.3) is 0 Å². The van der Waals surface area contributed by atoms with Crippen LogP contribution in [0, 0.1) is 12.8 Å². The summed E-state index contributed by atoms with van der Waals surface area (Å²) in [5.41, 5.74) is 2.00. The van der Waals surface area contributed by atoms with Crippen LogP contribution in [0.3, 0.4) is 0 Å². The molecule has 2 aromatic carbocycles. The second-order valence-corrected chi connectivity index (χ2v) is 11.7. The Morgan fingerprint density at radius 2 is 1.66 bits per heavy atom. The van der Waals surface area contributed by atoms with E-state index in [1.807, 2.05) is 52.0 Å². The first kappa shape index (κ1) is 28.9. The van der Waals surface area contributed by atoms with Gasteiger partial charge < -0.3 is 10.2 Å². The molecule has 1 N–H and O–H groups in total. The highest BCUT2D eigenvalue weighted by molar-refractivity contribution is 7.92. The lowest BCUT2D eigenvalue weighted by molar-refractivity contribution is -0.140. The van der Waals surface area contributed by atoms with Gasteiger partial charge in [0.15, 0.2) is 0 Å². The molecule has 35 heavy (non-hydrogen) atoms. The zero-order chi connectivity index (χ0) is 26.3. The van der Waals surface area contributed by atoms with Crippen molar-refractivity contribution in [1.29, 1.82) is 0 Å². The SMILES string of the molecule is CC[C@H](C(=O)NCC(C)C)N(Cc1ccccc1C)C(=O)CN(c1cc(Cl)cc(Cl)c1)S(C)(=O)=O. The fourth-order valence-electron chi connectivity index (χ4n) is 3.61. The van der Waals surface area contributed by atoms with Crippen molar-refractivity contribution in [3.8, 4) is 0 Å². The minimum Gasteiger partial charge on any atom is -0.354 e. The van der Waals surface area contributed by atoms with Crippen LogP contribution in [0.2, 0.25) is 10.0 Å². The van der Waals surface area contributed by atoms with Crippen LogP contribution in [-0.4, -0.2) is 50.5 Å². The smallest absolute Gasteiger partial charge is 0.244 e. The number of hydrogen-bond donors (Lipinski definition) is 1. The minimum absolute atomic E-state index is 0.160. The van der Waals surface area contributed by atoms with Crippen molar-refractivity contribution in [3.63, 3.8) is 0 Å². The van der Waals surface area contributed by atoms with Gasteiger partial charge in [-0.25, -0.2) is 8.42 Å². The molecule has 0 saturated heterocycles. The molecule has 0 aliphatic carbocycles. The summed E-state index contributed by atoms with van der Waals surface area (Å²) < 4.78 is 26.3. The summed E-state index contributed by atoms with van der Waals surface area (Å²) in [6.07, 6.45) is 1.37. The molecule has 2 rings (SSSR count). The van der Waals surface area contributed by atoms with E-state index < -0.39 is 28.5 Å². The molecule has 7 nitrogen and oxygen atoms in total. The normalized spacial score (nSPS) is 12.3. The van der Waals surface area contributed by atoms with Crippen molar-refractivity contribution in [3.05, 3.63) is 63.6 Å². The highest BCUT2D eigenvalue weighted by Crippen LogP contribution is 2.27. The van der Waals surface area contributed by atoms with Crippen molar-refractivity contribution in [2.45, 2.75) is 46.7 Å². The Labute approximate surface area is 218 Å². The zero-order valence-electron chi connectivity index (χ0n) is 20.7. The number of halogens is 2. The average Bonchev–Trinajstić information content (AvgIpc) is 2.75. The lowest BCUT2D eigenvalue weighted by atomic mass is 10.1. The van der Waals surface area contributed by atoms with Crippen molar-refractivity contribution in [1.82, 2.24) is 10.2 Å². The van der Waals surface area contributed by atoms with Gasteiger partial charge in [-0.15, -0.1) is 0 Å². The van der Waals surface area contributed by atoms with Gasteiger partial charge >= 0.3 is 0 Å². The van der Waals surface area contributed by atoms with Crippen LogP contribution < -0.4 is 9.62 Å². The Morgan fingerprint density at radius 3 is 2.17 bits per heavy atom. The van der Waals surface area contributed by atoms with E-state index in [1.165, 1.54) is 23.1 Å². The Kier molecular flexibility index (Phi) is 10.4. The molecule has 0 aromatic heterocycles. The molecule has 2 aromatic rings. The summed E-state index contributed by atoms with van der Waals surface area (Å²) in [5, 5.41) is 3.38. The molecule has 0 fully saturated rings. The third-order valence-electron chi connectivity index (χ3n) is 5.49. The van der Waals surface area contributed by atoms with E-state index >= 15 is 0 Å². The van der Waals surface area contributed by atoms with E-state index in [1.54, 1.807) is 0 Å². The lowest BCUT2D eigenvalue weighted by Gasteiger charge is -2.33. The van der Waals surface area contributed by atoms with Crippen LogP contribution in [0.4, 0.5) is 5.69 Å². The second kappa shape index (κ2) is 12.6.